The van der Waals surface area contributed by atoms with E-state index in [4.69, 9.17) is 4.42 Å². The number of hydrogen-bond acceptors (Lipinski definition) is 5. The molecular weight excluding hydrogens is 442 g/mol. The molecule has 4 rings (SSSR count). The molecule has 0 spiro atoms. The summed E-state index contributed by atoms with van der Waals surface area (Å²) >= 11 is 1.64. The van der Waals surface area contributed by atoms with Gasteiger partial charge in [-0.15, -0.1) is 0 Å². The number of thiophene rings is 1. The second-order valence-electron chi connectivity index (χ2n) is 7.03. The molecule has 162 valence electrons. The predicted octanol–water partition coefficient (Wildman–Crippen LogP) is 5.30. The molecule has 5 nitrogen and oxygen atoms in total. The maximum atomic E-state index is 14.4. The molecule has 0 aliphatic rings. The van der Waals surface area contributed by atoms with E-state index in [0.29, 0.717) is 23.1 Å². The molecule has 2 aromatic heterocycles. The van der Waals surface area contributed by atoms with Crippen LogP contribution in [0.1, 0.15) is 17.5 Å². The quantitative estimate of drug-likeness (QED) is 0.331. The van der Waals surface area contributed by atoms with Crippen LogP contribution in [-0.2, 0) is 23.0 Å². The molecule has 0 saturated carbocycles. The van der Waals surface area contributed by atoms with Crippen LogP contribution in [0, 0.1) is 11.6 Å². The fraction of sp³-hybridized carbons (Fsp3) is 0.182. The maximum absolute atomic E-state index is 14.4. The van der Waals surface area contributed by atoms with Gasteiger partial charge < -0.3 is 9.73 Å². The van der Waals surface area contributed by atoms with Gasteiger partial charge in [0, 0.05) is 24.0 Å². The third-order valence-corrected chi connectivity index (χ3v) is 6.99. The van der Waals surface area contributed by atoms with E-state index >= 15 is 0 Å². The van der Waals surface area contributed by atoms with Gasteiger partial charge in [0.2, 0.25) is 10.0 Å². The number of fused-ring (bicyclic) bond motifs is 1. The molecule has 0 saturated heterocycles. The normalized spacial score (nSPS) is 11.8. The first-order chi connectivity index (χ1) is 14.9. The molecule has 0 aliphatic carbocycles. The third-order valence-electron chi connectivity index (χ3n) is 4.86. The Morgan fingerprint density at radius 2 is 1.94 bits per heavy atom. The number of aryl methyl sites for hydroxylation is 1. The van der Waals surface area contributed by atoms with Crippen molar-refractivity contribution >= 4 is 38.0 Å². The molecule has 31 heavy (non-hydrogen) atoms. The second-order valence-corrected chi connectivity index (χ2v) is 9.58. The summed E-state index contributed by atoms with van der Waals surface area (Å²) in [6.07, 6.45) is 3.09. The number of halogens is 2. The average molecular weight is 463 g/mol. The summed E-state index contributed by atoms with van der Waals surface area (Å²) in [5, 5.41) is 7.58. The molecule has 0 aliphatic heterocycles. The van der Waals surface area contributed by atoms with Gasteiger partial charge in [-0.1, -0.05) is 0 Å². The Morgan fingerprint density at radius 3 is 2.71 bits per heavy atom. The van der Waals surface area contributed by atoms with Gasteiger partial charge in [-0.25, -0.2) is 21.9 Å². The summed E-state index contributed by atoms with van der Waals surface area (Å²) in [5.74, 6) is -1.09. The summed E-state index contributed by atoms with van der Waals surface area (Å²) in [5.41, 5.74) is 2.44. The molecule has 2 aromatic carbocycles. The van der Waals surface area contributed by atoms with Crippen LogP contribution in [0.15, 0.2) is 68.8 Å². The van der Waals surface area contributed by atoms with Crippen LogP contribution >= 0.6 is 11.3 Å². The van der Waals surface area contributed by atoms with E-state index < -0.39 is 21.7 Å². The van der Waals surface area contributed by atoms with Gasteiger partial charge in [0.1, 0.15) is 17.2 Å². The van der Waals surface area contributed by atoms with Gasteiger partial charge in [0.05, 0.1) is 16.8 Å². The molecule has 2 heterocycles. The summed E-state index contributed by atoms with van der Waals surface area (Å²) in [4.78, 5) is -0.187. The van der Waals surface area contributed by atoms with Gasteiger partial charge in [0.15, 0.2) is 0 Å². The second kappa shape index (κ2) is 9.17. The van der Waals surface area contributed by atoms with Crippen LogP contribution in [0.4, 0.5) is 14.5 Å². The monoisotopic (exact) mass is 462 g/mol. The first-order valence-electron chi connectivity index (χ1n) is 9.62. The van der Waals surface area contributed by atoms with Crippen molar-refractivity contribution in [2.45, 2.75) is 24.3 Å². The van der Waals surface area contributed by atoms with E-state index in [1.807, 2.05) is 5.38 Å². The minimum atomic E-state index is -3.96. The van der Waals surface area contributed by atoms with Crippen molar-refractivity contribution in [2.75, 3.05) is 11.9 Å². The van der Waals surface area contributed by atoms with Gasteiger partial charge in [0.25, 0.3) is 0 Å². The Balaban J connectivity index is 1.38. The van der Waals surface area contributed by atoms with Crippen molar-refractivity contribution in [1.82, 2.24) is 4.72 Å². The van der Waals surface area contributed by atoms with Crippen molar-refractivity contribution in [3.05, 3.63) is 82.2 Å². The Labute approximate surface area is 182 Å². The number of hydrogen-bond donors (Lipinski definition) is 2. The fourth-order valence-electron chi connectivity index (χ4n) is 3.20. The van der Waals surface area contributed by atoms with Crippen molar-refractivity contribution in [3.8, 4) is 0 Å². The smallest absolute Gasteiger partial charge is 0.240 e. The Morgan fingerprint density at radius 1 is 1.06 bits per heavy atom. The highest BCUT2D eigenvalue weighted by atomic mass is 32.2. The molecule has 0 atom stereocenters. The third kappa shape index (κ3) is 5.12. The van der Waals surface area contributed by atoms with Crippen molar-refractivity contribution < 1.29 is 21.6 Å². The lowest BCUT2D eigenvalue weighted by atomic mass is 10.2. The van der Waals surface area contributed by atoms with Crippen LogP contribution in [0.25, 0.3) is 11.0 Å². The van der Waals surface area contributed by atoms with E-state index in [-0.39, 0.29) is 17.1 Å². The summed E-state index contributed by atoms with van der Waals surface area (Å²) in [6, 6.07) is 9.82. The SMILES string of the molecule is O=S(=O)(NCc1coc2ccc(F)cc12)c1ccc(NCCCc2ccsc2)c(F)c1. The summed E-state index contributed by atoms with van der Waals surface area (Å²) < 4.78 is 60.8. The van der Waals surface area contributed by atoms with E-state index in [0.717, 1.165) is 18.9 Å². The highest BCUT2D eigenvalue weighted by Crippen LogP contribution is 2.23. The van der Waals surface area contributed by atoms with Crippen LogP contribution in [0.2, 0.25) is 0 Å². The number of benzene rings is 2. The number of furan rings is 1. The van der Waals surface area contributed by atoms with Gasteiger partial charge >= 0.3 is 0 Å². The molecule has 0 amide bonds. The fourth-order valence-corrected chi connectivity index (χ4v) is 4.92. The Bertz CT molecular complexity index is 1290. The van der Waals surface area contributed by atoms with E-state index in [1.54, 1.807) is 11.3 Å². The first-order valence-corrected chi connectivity index (χ1v) is 12.0. The highest BCUT2D eigenvalue weighted by molar-refractivity contribution is 7.89. The average Bonchev–Trinajstić information content (AvgIpc) is 3.40. The van der Waals surface area contributed by atoms with Gasteiger partial charge in [-0.3, -0.25) is 0 Å². The van der Waals surface area contributed by atoms with Crippen molar-refractivity contribution in [1.29, 1.82) is 0 Å². The topological polar surface area (TPSA) is 71.3 Å². The van der Waals surface area contributed by atoms with Crippen LogP contribution < -0.4 is 10.0 Å². The predicted molar refractivity (Wildman–Crippen MR) is 118 cm³/mol. The van der Waals surface area contributed by atoms with E-state index in [2.05, 4.69) is 21.5 Å². The summed E-state index contributed by atoms with van der Waals surface area (Å²) in [7, 11) is -3.96. The molecule has 0 fully saturated rings. The van der Waals surface area contributed by atoms with Gasteiger partial charge in [-0.05, 0) is 71.6 Å². The zero-order valence-electron chi connectivity index (χ0n) is 16.4. The Hall–Kier alpha value is -2.75. The lowest BCUT2D eigenvalue weighted by Gasteiger charge is -2.10. The first kappa shape index (κ1) is 21.5. The number of anilines is 1. The van der Waals surface area contributed by atoms with Crippen LogP contribution in [-0.4, -0.2) is 15.0 Å². The number of sulfonamides is 1. The minimum Gasteiger partial charge on any atom is -0.464 e. The minimum absolute atomic E-state index is 0.108. The molecule has 0 radical (unpaired) electrons. The lowest BCUT2D eigenvalue weighted by molar-refractivity contribution is 0.576. The van der Waals surface area contributed by atoms with Crippen molar-refractivity contribution in [3.63, 3.8) is 0 Å². The van der Waals surface area contributed by atoms with E-state index in [9.17, 15) is 17.2 Å². The highest BCUT2D eigenvalue weighted by Gasteiger charge is 2.17. The molecule has 0 unspecified atom stereocenters. The van der Waals surface area contributed by atoms with Crippen LogP contribution in [0.3, 0.4) is 0 Å². The van der Waals surface area contributed by atoms with Crippen LogP contribution in [0.5, 0.6) is 0 Å². The molecular formula is C22H20F2N2O3S2. The zero-order chi connectivity index (χ0) is 21.8. The van der Waals surface area contributed by atoms with Crippen molar-refractivity contribution in [2.24, 2.45) is 0 Å². The maximum Gasteiger partial charge on any atom is 0.240 e. The standard InChI is InChI=1S/C22H20F2N2O3S2/c23-17-3-6-22-19(10-17)16(13-29-22)12-26-31(27,28)18-4-5-21(20(24)11-18)25-8-1-2-15-7-9-30-14-15/h3-7,9-11,13-14,25-26H,1-2,8,12H2. The lowest BCUT2D eigenvalue weighted by Crippen LogP contribution is -2.23. The molecule has 0 bridgehead atoms. The largest absolute Gasteiger partial charge is 0.464 e. The zero-order valence-corrected chi connectivity index (χ0v) is 18.0. The van der Waals surface area contributed by atoms with E-state index in [1.165, 1.54) is 42.2 Å². The number of nitrogens with one attached hydrogen (secondary N) is 2. The molecule has 9 heteroatoms. The molecule has 2 N–H and O–H groups in total. The molecule has 4 aromatic rings. The van der Waals surface area contributed by atoms with Gasteiger partial charge in [-0.2, -0.15) is 11.3 Å². The number of rotatable bonds is 9. The summed E-state index contributed by atoms with van der Waals surface area (Å²) in [6.45, 7) is 0.463. The Kier molecular flexibility index (Phi) is 6.35.